The van der Waals surface area contributed by atoms with Gasteiger partial charge in [-0.25, -0.2) is 0 Å². The van der Waals surface area contributed by atoms with E-state index in [2.05, 4.69) is 25.9 Å². The highest BCUT2D eigenvalue weighted by atomic mass is 16.3. The molecule has 0 saturated heterocycles. The summed E-state index contributed by atoms with van der Waals surface area (Å²) < 4.78 is 0. The van der Waals surface area contributed by atoms with Gasteiger partial charge in [-0.05, 0) is 25.2 Å². The van der Waals surface area contributed by atoms with Crippen molar-refractivity contribution >= 4 is 0 Å². The molecule has 3 atom stereocenters. The van der Waals surface area contributed by atoms with Crippen LogP contribution in [0.3, 0.4) is 0 Å². The molecule has 0 amide bonds. The molecule has 0 aromatic carbocycles. The summed E-state index contributed by atoms with van der Waals surface area (Å²) >= 11 is 0. The largest absolute Gasteiger partial charge is 0.150 e. The number of hydrogen-bond donors (Lipinski definition) is 0. The highest BCUT2D eigenvalue weighted by Gasteiger charge is 2.26. The van der Waals surface area contributed by atoms with Crippen LogP contribution in [0.4, 0.5) is 0 Å². The third-order valence-electron chi connectivity index (χ3n) is 2.66. The maximum atomic E-state index is 10.4. The second-order valence-electron chi connectivity index (χ2n) is 3.65. The molecule has 0 radical (unpaired) electrons. The van der Waals surface area contributed by atoms with E-state index in [4.69, 9.17) is 0 Å². The Kier molecular flexibility index (Phi) is 2.42. The van der Waals surface area contributed by atoms with Crippen LogP contribution >= 0.6 is 0 Å². The van der Waals surface area contributed by atoms with Gasteiger partial charge in [0.1, 0.15) is 6.04 Å². The fourth-order valence-corrected chi connectivity index (χ4v) is 1.67. The summed E-state index contributed by atoms with van der Waals surface area (Å²) in [6.07, 6.45) is 3.12. The zero-order valence-electron chi connectivity index (χ0n) is 7.37. The van der Waals surface area contributed by atoms with Crippen molar-refractivity contribution in [2.75, 3.05) is 0 Å². The summed E-state index contributed by atoms with van der Waals surface area (Å²) in [4.78, 5) is 10.4. The first-order valence-electron chi connectivity index (χ1n) is 4.15. The van der Waals surface area contributed by atoms with Gasteiger partial charge in [0.05, 0.1) is 0 Å². The first-order chi connectivity index (χ1) is 5.15. The molecule has 0 aliphatic heterocycles. The fraction of sp³-hybridized carbons (Fsp3) is 0.778. The van der Waals surface area contributed by atoms with Crippen LogP contribution in [0.2, 0.25) is 0 Å². The van der Waals surface area contributed by atoms with Gasteiger partial charge in [0.15, 0.2) is 0 Å². The van der Waals surface area contributed by atoms with Gasteiger partial charge in [0.2, 0.25) is 0 Å². The maximum absolute atomic E-state index is 10.4. The molecule has 1 aliphatic carbocycles. The van der Waals surface area contributed by atoms with E-state index in [0.29, 0.717) is 11.8 Å². The molecule has 2 heteroatoms. The molecule has 0 spiro atoms. The quantitative estimate of drug-likeness (QED) is 0.420. The molecule has 1 aliphatic rings. The minimum Gasteiger partial charge on any atom is -0.150 e. The van der Waals surface area contributed by atoms with Gasteiger partial charge in [-0.15, -0.1) is 0 Å². The van der Waals surface area contributed by atoms with Gasteiger partial charge in [-0.2, -0.15) is 4.91 Å². The van der Waals surface area contributed by atoms with Crippen molar-refractivity contribution in [3.05, 3.63) is 16.6 Å². The Morgan fingerprint density at radius 3 is 2.73 bits per heavy atom. The Labute approximate surface area is 67.7 Å². The molecule has 11 heavy (non-hydrogen) atoms. The number of rotatable bonds is 1. The lowest BCUT2D eigenvalue weighted by atomic mass is 9.79. The summed E-state index contributed by atoms with van der Waals surface area (Å²) in [7, 11) is 0. The normalized spacial score (nSPS) is 38.1. The summed E-state index contributed by atoms with van der Waals surface area (Å²) in [5.74, 6) is 1.01. The van der Waals surface area contributed by atoms with Gasteiger partial charge in [0, 0.05) is 0 Å². The number of hydrogen-bond acceptors (Lipinski definition) is 2. The van der Waals surface area contributed by atoms with E-state index in [0.717, 1.165) is 6.42 Å². The molecule has 2 unspecified atom stereocenters. The van der Waals surface area contributed by atoms with Gasteiger partial charge in [-0.3, -0.25) is 0 Å². The highest BCUT2D eigenvalue weighted by molar-refractivity contribution is 5.11. The van der Waals surface area contributed by atoms with E-state index in [1.807, 2.05) is 6.08 Å². The van der Waals surface area contributed by atoms with Crippen molar-refractivity contribution in [2.45, 2.75) is 33.2 Å². The lowest BCUT2D eigenvalue weighted by molar-refractivity contribution is 0.335. The zero-order chi connectivity index (χ0) is 8.43. The van der Waals surface area contributed by atoms with Crippen LogP contribution < -0.4 is 0 Å². The average Bonchev–Trinajstić information content (AvgIpc) is 1.96. The monoisotopic (exact) mass is 153 g/mol. The Morgan fingerprint density at radius 1 is 1.55 bits per heavy atom. The topological polar surface area (TPSA) is 29.4 Å². The van der Waals surface area contributed by atoms with Crippen molar-refractivity contribution < 1.29 is 0 Å². The van der Waals surface area contributed by atoms with E-state index in [1.165, 1.54) is 5.57 Å². The number of nitrogens with zero attached hydrogens (tertiary/aromatic N) is 1. The first-order valence-corrected chi connectivity index (χ1v) is 4.15. The molecule has 1 rings (SSSR count). The third-order valence-corrected chi connectivity index (χ3v) is 2.66. The summed E-state index contributed by atoms with van der Waals surface area (Å²) in [6, 6.07) is -0.0845. The average molecular weight is 153 g/mol. The minimum absolute atomic E-state index is 0.0845. The predicted octanol–water partition coefficient (Wildman–Crippen LogP) is 2.74. The summed E-state index contributed by atoms with van der Waals surface area (Å²) in [5.41, 5.74) is 1.31. The van der Waals surface area contributed by atoms with Crippen LogP contribution in [0.5, 0.6) is 0 Å². The second kappa shape index (κ2) is 3.16. The molecule has 2 nitrogen and oxygen atoms in total. The van der Waals surface area contributed by atoms with E-state index < -0.39 is 0 Å². The van der Waals surface area contributed by atoms with Crippen LogP contribution in [-0.4, -0.2) is 6.04 Å². The van der Waals surface area contributed by atoms with E-state index in [-0.39, 0.29) is 6.04 Å². The van der Waals surface area contributed by atoms with Crippen molar-refractivity contribution in [3.63, 3.8) is 0 Å². The second-order valence-corrected chi connectivity index (χ2v) is 3.65. The Bertz CT molecular complexity index is 186. The van der Waals surface area contributed by atoms with Crippen LogP contribution in [-0.2, 0) is 0 Å². The molecule has 0 bridgehead atoms. The maximum Gasteiger partial charge on any atom is 0.113 e. The molecule has 0 fully saturated rings. The SMILES string of the molecule is CC1=C[C@H](N=O)C(C)C(C)C1. The van der Waals surface area contributed by atoms with Crippen LogP contribution in [0.1, 0.15) is 27.2 Å². The van der Waals surface area contributed by atoms with Gasteiger partial charge < -0.3 is 0 Å². The Morgan fingerprint density at radius 2 is 2.18 bits per heavy atom. The molecule has 0 saturated carbocycles. The van der Waals surface area contributed by atoms with Crippen LogP contribution in [0, 0.1) is 16.7 Å². The van der Waals surface area contributed by atoms with Gasteiger partial charge in [0.25, 0.3) is 0 Å². The highest BCUT2D eigenvalue weighted by Crippen LogP contribution is 2.30. The zero-order valence-corrected chi connectivity index (χ0v) is 7.37. The molecule has 0 aromatic rings. The van der Waals surface area contributed by atoms with E-state index in [1.54, 1.807) is 0 Å². The molecule has 62 valence electrons. The van der Waals surface area contributed by atoms with Crippen molar-refractivity contribution in [1.29, 1.82) is 0 Å². The summed E-state index contributed by atoms with van der Waals surface area (Å²) in [6.45, 7) is 6.35. The number of allylic oxidation sites excluding steroid dienone is 1. The minimum atomic E-state index is -0.0845. The molecule has 0 N–H and O–H groups in total. The Hall–Kier alpha value is -0.660. The first kappa shape index (κ1) is 8.44. The fourth-order valence-electron chi connectivity index (χ4n) is 1.67. The molecular weight excluding hydrogens is 138 g/mol. The van der Waals surface area contributed by atoms with E-state index >= 15 is 0 Å². The van der Waals surface area contributed by atoms with Crippen molar-refractivity contribution in [2.24, 2.45) is 17.0 Å². The summed E-state index contributed by atoms with van der Waals surface area (Å²) in [5, 5.41) is 3.10. The Balaban J connectivity index is 2.77. The van der Waals surface area contributed by atoms with Crippen molar-refractivity contribution in [1.82, 2.24) is 0 Å². The molecule has 0 heterocycles. The third kappa shape index (κ3) is 1.67. The lowest BCUT2D eigenvalue weighted by Crippen LogP contribution is -2.24. The van der Waals surface area contributed by atoms with Crippen LogP contribution in [0.15, 0.2) is 16.8 Å². The standard InChI is InChI=1S/C9H15NO/c1-6-4-7(2)8(3)9(5-6)10-11/h5,7-9H,4H2,1-3H3/t7?,8?,9-/m0/s1. The van der Waals surface area contributed by atoms with Gasteiger partial charge >= 0.3 is 0 Å². The smallest absolute Gasteiger partial charge is 0.113 e. The molecular formula is C9H15NO. The van der Waals surface area contributed by atoms with Crippen molar-refractivity contribution in [3.8, 4) is 0 Å². The predicted molar refractivity (Wildman–Crippen MR) is 46.3 cm³/mol. The van der Waals surface area contributed by atoms with Gasteiger partial charge in [-0.1, -0.05) is 30.7 Å². The lowest BCUT2D eigenvalue weighted by Gasteiger charge is -2.27. The van der Waals surface area contributed by atoms with Crippen LogP contribution in [0.25, 0.3) is 0 Å². The van der Waals surface area contributed by atoms with E-state index in [9.17, 15) is 4.91 Å². The molecule has 0 aromatic heterocycles. The number of nitroso groups, excluding NO2 is 1.